The molecule has 0 amide bonds. The Kier molecular flexibility index (Phi) is 3.36. The van der Waals surface area contributed by atoms with Crippen LogP contribution in [-0.4, -0.2) is 22.0 Å². The monoisotopic (exact) mass is 254 g/mol. The molecule has 0 bridgehead atoms. The minimum Gasteiger partial charge on any atom is -0.354 e. The third-order valence-electron chi connectivity index (χ3n) is 2.24. The standard InChI is InChI=1S/C10H11ClN4S/c1-7-8(16-6-14-7)4-15(2)10-3-9(11)12-5-13-10/h3,5-6H,4H2,1-2H3. The third-order valence-corrected chi connectivity index (χ3v) is 3.36. The van der Waals surface area contributed by atoms with Gasteiger partial charge in [-0.1, -0.05) is 11.6 Å². The maximum atomic E-state index is 5.81. The Hall–Kier alpha value is -1.20. The average Bonchev–Trinajstić information content (AvgIpc) is 2.64. The molecule has 0 radical (unpaired) electrons. The van der Waals surface area contributed by atoms with E-state index in [0.29, 0.717) is 5.15 Å². The SMILES string of the molecule is Cc1ncsc1CN(C)c1cc(Cl)ncn1. The lowest BCUT2D eigenvalue weighted by molar-refractivity contribution is 0.894. The molecule has 2 heterocycles. The molecule has 16 heavy (non-hydrogen) atoms. The highest BCUT2D eigenvalue weighted by atomic mass is 35.5. The van der Waals surface area contributed by atoms with Crippen molar-refractivity contribution in [3.63, 3.8) is 0 Å². The van der Waals surface area contributed by atoms with Crippen LogP contribution in [0.4, 0.5) is 5.82 Å². The summed E-state index contributed by atoms with van der Waals surface area (Å²) in [5.74, 6) is 0.813. The number of aromatic nitrogens is 3. The van der Waals surface area contributed by atoms with Crippen molar-refractivity contribution in [2.24, 2.45) is 0 Å². The molecule has 0 N–H and O–H groups in total. The molecule has 6 heteroatoms. The quantitative estimate of drug-likeness (QED) is 0.790. The van der Waals surface area contributed by atoms with Gasteiger partial charge >= 0.3 is 0 Å². The van der Waals surface area contributed by atoms with Crippen LogP contribution in [0.15, 0.2) is 17.9 Å². The van der Waals surface area contributed by atoms with Crippen molar-refractivity contribution < 1.29 is 0 Å². The van der Waals surface area contributed by atoms with Gasteiger partial charge in [-0.05, 0) is 6.92 Å². The predicted octanol–water partition coefficient (Wildman–Crippen LogP) is 2.53. The lowest BCUT2D eigenvalue weighted by Crippen LogP contribution is -2.17. The molecule has 2 aromatic rings. The second kappa shape index (κ2) is 4.76. The number of aryl methyl sites for hydroxylation is 1. The summed E-state index contributed by atoms with van der Waals surface area (Å²) in [6, 6.07) is 1.75. The fraction of sp³-hybridized carbons (Fsp3) is 0.300. The molecular weight excluding hydrogens is 244 g/mol. The van der Waals surface area contributed by atoms with Gasteiger partial charge in [0, 0.05) is 18.0 Å². The summed E-state index contributed by atoms with van der Waals surface area (Å²) in [7, 11) is 1.97. The second-order valence-electron chi connectivity index (χ2n) is 3.42. The predicted molar refractivity (Wildman–Crippen MR) is 66.0 cm³/mol. The Bertz CT molecular complexity index is 485. The van der Waals surface area contributed by atoms with E-state index in [2.05, 4.69) is 15.0 Å². The van der Waals surface area contributed by atoms with Gasteiger partial charge in [0.15, 0.2) is 0 Å². The molecule has 2 aromatic heterocycles. The zero-order chi connectivity index (χ0) is 11.5. The number of nitrogens with zero attached hydrogens (tertiary/aromatic N) is 4. The molecule has 0 aliphatic rings. The first kappa shape index (κ1) is 11.3. The summed E-state index contributed by atoms with van der Waals surface area (Å²) >= 11 is 7.46. The zero-order valence-corrected chi connectivity index (χ0v) is 10.6. The largest absolute Gasteiger partial charge is 0.354 e. The van der Waals surface area contributed by atoms with Crippen molar-refractivity contribution >= 4 is 28.8 Å². The minimum absolute atomic E-state index is 0.456. The highest BCUT2D eigenvalue weighted by molar-refractivity contribution is 7.09. The molecule has 0 fully saturated rings. The van der Waals surface area contributed by atoms with Crippen molar-refractivity contribution in [2.45, 2.75) is 13.5 Å². The van der Waals surface area contributed by atoms with Gasteiger partial charge in [0.05, 0.1) is 17.7 Å². The van der Waals surface area contributed by atoms with E-state index >= 15 is 0 Å². The van der Waals surface area contributed by atoms with Crippen LogP contribution in [-0.2, 0) is 6.54 Å². The number of thiazole rings is 1. The van der Waals surface area contributed by atoms with Crippen LogP contribution in [0.2, 0.25) is 5.15 Å². The minimum atomic E-state index is 0.456. The van der Waals surface area contributed by atoms with Crippen LogP contribution in [0, 0.1) is 6.92 Å². The van der Waals surface area contributed by atoms with Gasteiger partial charge < -0.3 is 4.90 Å². The highest BCUT2D eigenvalue weighted by Crippen LogP contribution is 2.19. The van der Waals surface area contributed by atoms with Gasteiger partial charge in [0.2, 0.25) is 0 Å². The molecule has 0 atom stereocenters. The lowest BCUT2D eigenvalue weighted by Gasteiger charge is -2.17. The summed E-state index contributed by atoms with van der Waals surface area (Å²) in [4.78, 5) is 15.5. The Morgan fingerprint density at radius 3 is 2.81 bits per heavy atom. The van der Waals surface area contributed by atoms with Crippen molar-refractivity contribution in [1.29, 1.82) is 0 Å². The molecule has 0 unspecified atom stereocenters. The summed E-state index contributed by atoms with van der Waals surface area (Å²) in [5, 5.41) is 0.456. The molecule has 84 valence electrons. The van der Waals surface area contributed by atoms with E-state index in [0.717, 1.165) is 18.1 Å². The molecular formula is C10H11ClN4S. The molecule has 2 rings (SSSR count). The number of hydrogen-bond acceptors (Lipinski definition) is 5. The molecule has 0 saturated carbocycles. The van der Waals surface area contributed by atoms with Gasteiger partial charge in [-0.3, -0.25) is 0 Å². The van der Waals surface area contributed by atoms with E-state index in [-0.39, 0.29) is 0 Å². The first-order valence-corrected chi connectivity index (χ1v) is 6.00. The zero-order valence-electron chi connectivity index (χ0n) is 9.01. The van der Waals surface area contributed by atoms with E-state index in [1.807, 2.05) is 24.4 Å². The van der Waals surface area contributed by atoms with E-state index in [9.17, 15) is 0 Å². The maximum absolute atomic E-state index is 5.81. The maximum Gasteiger partial charge on any atom is 0.134 e. The number of hydrogen-bond donors (Lipinski definition) is 0. The van der Waals surface area contributed by atoms with Crippen molar-refractivity contribution in [3.8, 4) is 0 Å². The lowest BCUT2D eigenvalue weighted by atomic mass is 10.3. The van der Waals surface area contributed by atoms with Crippen molar-refractivity contribution in [1.82, 2.24) is 15.0 Å². The van der Waals surface area contributed by atoms with Gasteiger partial charge in [-0.25, -0.2) is 15.0 Å². The Labute approximate surface area is 103 Å². The molecule has 0 saturated heterocycles. The van der Waals surface area contributed by atoms with Crippen molar-refractivity contribution in [3.05, 3.63) is 33.6 Å². The third kappa shape index (κ3) is 2.48. The van der Waals surface area contributed by atoms with Gasteiger partial charge in [0.25, 0.3) is 0 Å². The average molecular weight is 255 g/mol. The number of rotatable bonds is 3. The second-order valence-corrected chi connectivity index (χ2v) is 4.74. The van der Waals surface area contributed by atoms with Crippen LogP contribution in [0.1, 0.15) is 10.6 Å². The van der Waals surface area contributed by atoms with Crippen LogP contribution in [0.25, 0.3) is 0 Å². The Morgan fingerprint density at radius 1 is 1.38 bits per heavy atom. The normalized spacial score (nSPS) is 10.4. The van der Waals surface area contributed by atoms with E-state index < -0.39 is 0 Å². The fourth-order valence-electron chi connectivity index (χ4n) is 1.31. The Morgan fingerprint density at radius 2 is 2.19 bits per heavy atom. The summed E-state index contributed by atoms with van der Waals surface area (Å²) in [6.45, 7) is 2.79. The van der Waals surface area contributed by atoms with Crippen LogP contribution in [0.3, 0.4) is 0 Å². The van der Waals surface area contributed by atoms with E-state index in [1.54, 1.807) is 17.4 Å². The number of anilines is 1. The Balaban J connectivity index is 2.14. The van der Waals surface area contributed by atoms with E-state index in [4.69, 9.17) is 11.6 Å². The van der Waals surface area contributed by atoms with Crippen LogP contribution < -0.4 is 4.90 Å². The van der Waals surface area contributed by atoms with Crippen LogP contribution in [0.5, 0.6) is 0 Å². The number of halogens is 1. The topological polar surface area (TPSA) is 41.9 Å². The smallest absolute Gasteiger partial charge is 0.134 e. The summed E-state index contributed by atoms with van der Waals surface area (Å²) in [5.41, 5.74) is 2.92. The molecule has 0 aliphatic heterocycles. The molecule has 4 nitrogen and oxygen atoms in total. The highest BCUT2D eigenvalue weighted by Gasteiger charge is 2.08. The summed E-state index contributed by atoms with van der Waals surface area (Å²) < 4.78 is 0. The molecule has 0 aromatic carbocycles. The summed E-state index contributed by atoms with van der Waals surface area (Å²) in [6.07, 6.45) is 1.47. The first-order chi connectivity index (χ1) is 7.66. The van der Waals surface area contributed by atoms with E-state index in [1.165, 1.54) is 11.2 Å². The first-order valence-electron chi connectivity index (χ1n) is 4.74. The van der Waals surface area contributed by atoms with Gasteiger partial charge in [0.1, 0.15) is 17.3 Å². The van der Waals surface area contributed by atoms with Gasteiger partial charge in [-0.15, -0.1) is 11.3 Å². The van der Waals surface area contributed by atoms with Gasteiger partial charge in [-0.2, -0.15) is 0 Å². The van der Waals surface area contributed by atoms with Crippen molar-refractivity contribution in [2.75, 3.05) is 11.9 Å². The molecule has 0 spiro atoms. The molecule has 0 aliphatic carbocycles. The fourth-order valence-corrected chi connectivity index (χ4v) is 2.28. The van der Waals surface area contributed by atoms with Crippen LogP contribution >= 0.6 is 22.9 Å².